The molecule has 0 bridgehead atoms. The largest absolute Gasteiger partial charge is 0.346 e. The van der Waals surface area contributed by atoms with Gasteiger partial charge in [-0.2, -0.15) is 0 Å². The summed E-state index contributed by atoms with van der Waals surface area (Å²) in [5.41, 5.74) is 2.60. The topological polar surface area (TPSA) is 3.24 Å². The van der Waals surface area contributed by atoms with E-state index in [0.717, 1.165) is 0 Å². The Bertz CT molecular complexity index is 256. The quantitative estimate of drug-likeness (QED) is 0.612. The van der Waals surface area contributed by atoms with E-state index in [1.54, 1.807) is 0 Å². The van der Waals surface area contributed by atoms with Crippen LogP contribution in [0.3, 0.4) is 0 Å². The van der Waals surface area contributed by atoms with Gasteiger partial charge in [0.05, 0.1) is 0 Å². The maximum Gasteiger partial charge on any atom is 0.0279 e. The van der Waals surface area contributed by atoms with Crippen molar-refractivity contribution in [2.75, 3.05) is 0 Å². The van der Waals surface area contributed by atoms with E-state index in [9.17, 15) is 0 Å². The Morgan fingerprint density at radius 1 is 0.929 bits per heavy atom. The summed E-state index contributed by atoms with van der Waals surface area (Å²) in [4.78, 5) is 2.28. The Morgan fingerprint density at radius 2 is 1.21 bits per heavy atom. The molecule has 1 fully saturated rings. The normalized spacial score (nSPS) is 24.9. The molecular weight excluding hydrogens is 170 g/mol. The molecule has 1 heteroatoms. The number of nitrogens with zero attached hydrogens (tertiary/aromatic N) is 1. The van der Waals surface area contributed by atoms with Gasteiger partial charge in [-0.3, -0.25) is 0 Å². The van der Waals surface area contributed by atoms with E-state index in [4.69, 9.17) is 0 Å². The molecule has 1 rings (SSSR count). The predicted octanol–water partition coefficient (Wildman–Crippen LogP) is 3.79. The zero-order valence-corrected chi connectivity index (χ0v) is 10.4. The molecule has 1 nitrogen and oxygen atoms in total. The first-order chi connectivity index (χ1) is 6.14. The van der Waals surface area contributed by atoms with Crippen molar-refractivity contribution in [1.29, 1.82) is 0 Å². The molecule has 0 aromatic carbocycles. The fourth-order valence-electron chi connectivity index (χ4n) is 2.11. The van der Waals surface area contributed by atoms with Crippen molar-refractivity contribution >= 4 is 0 Å². The molecule has 0 atom stereocenters. The second kappa shape index (κ2) is 2.88. The summed E-state index contributed by atoms with van der Waals surface area (Å²) in [7, 11) is 0. The van der Waals surface area contributed by atoms with Gasteiger partial charge < -0.3 is 4.90 Å². The summed E-state index contributed by atoms with van der Waals surface area (Å²) in [6, 6.07) is 0.455. The summed E-state index contributed by atoms with van der Waals surface area (Å²) < 4.78 is 0. The minimum atomic E-state index is 0.106. The highest BCUT2D eigenvalue weighted by atomic mass is 15.2. The van der Waals surface area contributed by atoms with Crippen LogP contribution in [0.25, 0.3) is 0 Å². The Morgan fingerprint density at radius 3 is 1.36 bits per heavy atom. The van der Waals surface area contributed by atoms with Crippen molar-refractivity contribution in [3.05, 3.63) is 24.6 Å². The van der Waals surface area contributed by atoms with Gasteiger partial charge in [0.2, 0.25) is 0 Å². The summed E-state index contributed by atoms with van der Waals surface area (Å²) in [6.07, 6.45) is 0. The monoisotopic (exact) mass is 193 g/mol. The van der Waals surface area contributed by atoms with Crippen molar-refractivity contribution < 1.29 is 0 Å². The zero-order chi connectivity index (χ0) is 11.3. The lowest BCUT2D eigenvalue weighted by Gasteiger charge is -2.33. The van der Waals surface area contributed by atoms with E-state index in [1.807, 2.05) is 0 Å². The lowest BCUT2D eigenvalue weighted by Crippen LogP contribution is -2.27. The first-order valence-electron chi connectivity index (χ1n) is 5.32. The fraction of sp³-hybridized carbons (Fsp3) is 0.692. The van der Waals surface area contributed by atoms with E-state index in [0.29, 0.717) is 6.04 Å². The molecule has 0 saturated carbocycles. The maximum absolute atomic E-state index is 4.22. The first-order valence-corrected chi connectivity index (χ1v) is 5.32. The average Bonchev–Trinajstić information content (AvgIpc) is 2.12. The molecule has 1 aliphatic rings. The van der Waals surface area contributed by atoms with Crippen molar-refractivity contribution in [2.45, 2.75) is 47.6 Å². The zero-order valence-electron chi connectivity index (χ0n) is 10.4. The van der Waals surface area contributed by atoms with E-state index >= 15 is 0 Å². The second-order valence-electron chi connectivity index (χ2n) is 5.61. The molecule has 0 unspecified atom stereocenters. The third-order valence-corrected chi connectivity index (χ3v) is 4.10. The molecule has 1 heterocycles. The first kappa shape index (κ1) is 11.4. The SMILES string of the molecule is C=C1N(C(C)C)C(=C)C(C)(C)C1(C)C. The molecule has 0 spiro atoms. The maximum atomic E-state index is 4.22. The van der Waals surface area contributed by atoms with Crippen LogP contribution in [0, 0.1) is 10.8 Å². The van der Waals surface area contributed by atoms with Crippen LogP contribution in [-0.4, -0.2) is 10.9 Å². The number of likely N-dealkylation sites (tertiary alicyclic amines) is 1. The number of hydrogen-bond donors (Lipinski definition) is 0. The molecular formula is C13H23N. The fourth-order valence-corrected chi connectivity index (χ4v) is 2.11. The highest BCUT2D eigenvalue weighted by Crippen LogP contribution is 2.57. The average molecular weight is 193 g/mol. The van der Waals surface area contributed by atoms with Crippen molar-refractivity contribution in [1.82, 2.24) is 4.90 Å². The van der Waals surface area contributed by atoms with Crippen LogP contribution in [0.15, 0.2) is 24.6 Å². The van der Waals surface area contributed by atoms with Gasteiger partial charge >= 0.3 is 0 Å². The predicted molar refractivity (Wildman–Crippen MR) is 62.8 cm³/mol. The van der Waals surface area contributed by atoms with Crippen LogP contribution in [0.5, 0.6) is 0 Å². The minimum Gasteiger partial charge on any atom is -0.346 e. The molecule has 1 saturated heterocycles. The van der Waals surface area contributed by atoms with E-state index in [-0.39, 0.29) is 10.8 Å². The summed E-state index contributed by atoms with van der Waals surface area (Å²) in [5.74, 6) is 0. The number of hydrogen-bond acceptors (Lipinski definition) is 1. The van der Waals surface area contributed by atoms with Gasteiger partial charge in [-0.1, -0.05) is 40.9 Å². The second-order valence-corrected chi connectivity index (χ2v) is 5.61. The number of allylic oxidation sites excluding steroid dienone is 2. The van der Waals surface area contributed by atoms with Crippen molar-refractivity contribution in [3.63, 3.8) is 0 Å². The van der Waals surface area contributed by atoms with E-state index in [2.05, 4.69) is 59.6 Å². The molecule has 0 N–H and O–H groups in total. The summed E-state index contributed by atoms with van der Waals surface area (Å²) >= 11 is 0. The standard InChI is InChI=1S/C13H23N/c1-9(2)14-10(3)12(5,6)13(7,8)11(14)4/h9H,3-4H2,1-2,5-8H3. The van der Waals surface area contributed by atoms with Gasteiger partial charge in [0.25, 0.3) is 0 Å². The molecule has 0 radical (unpaired) electrons. The lowest BCUT2D eigenvalue weighted by atomic mass is 9.68. The van der Waals surface area contributed by atoms with Gasteiger partial charge in [-0.05, 0) is 13.8 Å². The van der Waals surface area contributed by atoms with Crippen molar-refractivity contribution in [3.8, 4) is 0 Å². The summed E-state index contributed by atoms with van der Waals surface area (Å²) in [6.45, 7) is 21.8. The van der Waals surface area contributed by atoms with Crippen LogP contribution in [-0.2, 0) is 0 Å². The molecule has 1 aliphatic heterocycles. The molecule has 80 valence electrons. The van der Waals surface area contributed by atoms with E-state index < -0.39 is 0 Å². The van der Waals surface area contributed by atoms with Gasteiger partial charge in [0.1, 0.15) is 0 Å². The molecule has 0 aliphatic carbocycles. The third-order valence-electron chi connectivity index (χ3n) is 4.10. The van der Waals surface area contributed by atoms with Gasteiger partial charge in [-0.15, -0.1) is 0 Å². The highest BCUT2D eigenvalue weighted by molar-refractivity contribution is 5.33. The Kier molecular flexibility index (Phi) is 2.34. The van der Waals surface area contributed by atoms with Gasteiger partial charge in [0.15, 0.2) is 0 Å². The molecule has 14 heavy (non-hydrogen) atoms. The minimum absolute atomic E-state index is 0.106. The molecule has 0 aromatic heterocycles. The third kappa shape index (κ3) is 1.14. The van der Waals surface area contributed by atoms with Crippen LogP contribution in [0.2, 0.25) is 0 Å². The van der Waals surface area contributed by atoms with Crippen LogP contribution in [0.4, 0.5) is 0 Å². The van der Waals surface area contributed by atoms with Crippen LogP contribution in [0.1, 0.15) is 41.5 Å². The molecule has 0 aromatic rings. The summed E-state index contributed by atoms with van der Waals surface area (Å²) in [5, 5.41) is 0. The van der Waals surface area contributed by atoms with E-state index in [1.165, 1.54) is 11.4 Å². The lowest BCUT2D eigenvalue weighted by molar-refractivity contribution is 0.234. The van der Waals surface area contributed by atoms with Crippen LogP contribution >= 0.6 is 0 Å². The molecule has 0 amide bonds. The van der Waals surface area contributed by atoms with Gasteiger partial charge in [0, 0.05) is 28.3 Å². The van der Waals surface area contributed by atoms with Gasteiger partial charge in [-0.25, -0.2) is 0 Å². The Labute approximate surface area is 88.5 Å². The van der Waals surface area contributed by atoms with Crippen molar-refractivity contribution in [2.24, 2.45) is 10.8 Å². The van der Waals surface area contributed by atoms with Crippen LogP contribution < -0.4 is 0 Å². The Hall–Kier alpha value is -0.720. The Balaban J connectivity index is 3.23. The smallest absolute Gasteiger partial charge is 0.0279 e. The number of rotatable bonds is 1. The highest BCUT2D eigenvalue weighted by Gasteiger charge is 2.51.